The van der Waals surface area contributed by atoms with Crippen LogP contribution in [-0.2, 0) is 40.5 Å². The molecular weight excluding hydrogens is 559 g/mol. The van der Waals surface area contributed by atoms with E-state index in [0.29, 0.717) is 19.4 Å². The molecule has 41 heavy (non-hydrogen) atoms. The van der Waals surface area contributed by atoms with Gasteiger partial charge in [-0.05, 0) is 51.1 Å². The molecule has 5 rings (SSSR count). The van der Waals surface area contributed by atoms with Crippen molar-refractivity contribution < 1.29 is 67.0 Å². The number of nitrogens with zero attached hydrogens (tertiary/aromatic N) is 1. The van der Waals surface area contributed by atoms with Crippen LogP contribution in [0.3, 0.4) is 0 Å². The molecule has 224 valence electrons. The molecule has 1 fully saturated rings. The van der Waals surface area contributed by atoms with Crippen LogP contribution >= 0.6 is 0 Å². The van der Waals surface area contributed by atoms with Crippen LogP contribution in [0, 0.1) is 0 Å². The Morgan fingerprint density at radius 1 is 1.29 bits per heavy atom. The first-order chi connectivity index (χ1) is 19.1. The fourth-order valence-corrected chi connectivity index (χ4v) is 6.16. The van der Waals surface area contributed by atoms with Crippen LogP contribution in [0.25, 0.3) is 0 Å². The number of esters is 2. The van der Waals surface area contributed by atoms with E-state index in [9.17, 15) is 42.9 Å². The Bertz CT molecular complexity index is 1300. The number of aliphatic hydroxyl groups excluding tert-OH is 1. The highest BCUT2D eigenvalue weighted by atomic mass is 19.4. The molecule has 0 amide bonds. The number of aldehydes is 1. The molecule has 2 bridgehead atoms. The number of likely N-dealkylation sites (N-methyl/N-ethyl adjacent to an activating group) is 1. The number of carboxylic acid groups (broad SMARTS) is 1. The number of carbonyl (C=O) groups is 4. The van der Waals surface area contributed by atoms with Crippen molar-refractivity contribution in [1.29, 1.82) is 0 Å². The van der Waals surface area contributed by atoms with Gasteiger partial charge in [0, 0.05) is 18.0 Å². The fraction of sp³-hybridized carbons (Fsp3) is 0.538. The maximum Gasteiger partial charge on any atom is 0.446 e. The maximum absolute atomic E-state index is 12.6. The number of hydrogen-bond acceptors (Lipinski definition) is 11. The smallest absolute Gasteiger partial charge is 0.446 e. The SMILES string of the molecule is C[C@H](OC(=O)C[C@H](O)C(=O)OC1=CC[C@@]2(O)[C@H]3Cc4ccc(O)c5c4[C@@]2(CCN3C)[C@H]1O5)C(=O)O.O=CC(F)(F)F. The number of piperidine rings is 1. The number of carboxylic acids is 1. The molecule has 2 heterocycles. The Labute approximate surface area is 230 Å². The van der Waals surface area contributed by atoms with E-state index in [1.165, 1.54) is 0 Å². The molecule has 0 aromatic heterocycles. The number of likely N-dealkylation sites (tertiary alicyclic amines) is 1. The lowest BCUT2D eigenvalue weighted by Gasteiger charge is -2.61. The van der Waals surface area contributed by atoms with Gasteiger partial charge in [0.15, 0.2) is 29.8 Å². The first-order valence-corrected chi connectivity index (χ1v) is 12.6. The molecule has 1 spiro atoms. The third-order valence-electron chi connectivity index (χ3n) is 7.99. The predicted molar refractivity (Wildman–Crippen MR) is 129 cm³/mol. The van der Waals surface area contributed by atoms with Gasteiger partial charge >= 0.3 is 24.1 Å². The number of aliphatic carboxylic acids is 1. The largest absolute Gasteiger partial charge is 0.504 e. The molecular formula is C26H28F3NO11. The first-order valence-electron chi connectivity index (χ1n) is 12.6. The molecule has 15 heteroatoms. The summed E-state index contributed by atoms with van der Waals surface area (Å²) in [5.74, 6) is -3.31. The zero-order chi connectivity index (χ0) is 30.5. The van der Waals surface area contributed by atoms with Gasteiger partial charge in [0.1, 0.15) is 5.76 Å². The zero-order valence-electron chi connectivity index (χ0n) is 21.9. The lowest BCUT2D eigenvalue weighted by Crippen LogP contribution is -2.74. The topological polar surface area (TPSA) is 180 Å². The summed E-state index contributed by atoms with van der Waals surface area (Å²) < 4.78 is 47.5. The van der Waals surface area contributed by atoms with Crippen molar-refractivity contribution in [1.82, 2.24) is 4.90 Å². The van der Waals surface area contributed by atoms with Crippen LogP contribution < -0.4 is 4.74 Å². The lowest BCUT2D eigenvalue weighted by molar-refractivity contribution is -0.174. The number of aliphatic hydroxyl groups is 2. The number of rotatable bonds is 6. The van der Waals surface area contributed by atoms with Crippen molar-refractivity contribution >= 4 is 24.2 Å². The molecule has 0 radical (unpaired) electrons. The number of alkyl halides is 3. The third kappa shape index (κ3) is 5.13. The standard InChI is InChI=1S/C24H27NO10.C2HF3O/c1-11(21(29)30)33-17(28)10-14(27)22(31)34-15-5-6-24(32)16-9-12-3-4-13(26)19-18(12)23(24,20(15)35-19)7-8-25(16)2;3-2(4,5)1-6/h3-5,11,14,16,20,26-27,32H,6-10H2,1-2H3,(H,29,30);1H/t11-,14-,16+,20-,23-,24+;/m0./s1. The molecule has 4 aliphatic rings. The van der Waals surface area contributed by atoms with Gasteiger partial charge in [-0.25, -0.2) is 9.59 Å². The normalized spacial score (nSPS) is 28.9. The second kappa shape index (κ2) is 10.6. The van der Waals surface area contributed by atoms with E-state index in [-0.39, 0.29) is 29.7 Å². The first kappa shape index (κ1) is 30.3. The van der Waals surface area contributed by atoms with Crippen molar-refractivity contribution in [3.63, 3.8) is 0 Å². The second-order valence-electron chi connectivity index (χ2n) is 10.4. The third-order valence-corrected chi connectivity index (χ3v) is 7.99. The molecule has 6 atom stereocenters. The van der Waals surface area contributed by atoms with E-state index in [1.54, 1.807) is 12.1 Å². The summed E-state index contributed by atoms with van der Waals surface area (Å²) >= 11 is 0. The van der Waals surface area contributed by atoms with Gasteiger partial charge in [-0.15, -0.1) is 0 Å². The van der Waals surface area contributed by atoms with E-state index in [1.807, 2.05) is 13.1 Å². The molecule has 2 aliphatic heterocycles. The Kier molecular flexibility index (Phi) is 7.84. The van der Waals surface area contributed by atoms with E-state index in [2.05, 4.69) is 9.64 Å². The summed E-state index contributed by atoms with van der Waals surface area (Å²) in [4.78, 5) is 46.2. The van der Waals surface area contributed by atoms with Gasteiger partial charge in [0.05, 0.1) is 17.4 Å². The summed E-state index contributed by atoms with van der Waals surface area (Å²) in [6.07, 6.45) is -7.96. The minimum absolute atomic E-state index is 0.0757. The van der Waals surface area contributed by atoms with Crippen LogP contribution in [0.15, 0.2) is 24.0 Å². The Hall–Kier alpha value is -3.69. The number of phenolic OH excluding ortho intramolecular Hbond substituents is 1. The van der Waals surface area contributed by atoms with Crippen LogP contribution in [0.4, 0.5) is 13.2 Å². The quantitative estimate of drug-likeness (QED) is 0.271. The maximum atomic E-state index is 12.6. The minimum Gasteiger partial charge on any atom is -0.504 e. The van der Waals surface area contributed by atoms with E-state index in [4.69, 9.17) is 19.4 Å². The van der Waals surface area contributed by atoms with E-state index >= 15 is 0 Å². The van der Waals surface area contributed by atoms with Crippen molar-refractivity contribution in [2.75, 3.05) is 13.6 Å². The number of halogens is 3. The summed E-state index contributed by atoms with van der Waals surface area (Å²) in [5.41, 5.74) is -0.522. The van der Waals surface area contributed by atoms with Crippen molar-refractivity contribution in [3.8, 4) is 11.5 Å². The molecule has 4 N–H and O–H groups in total. The highest BCUT2D eigenvalue weighted by Gasteiger charge is 2.72. The van der Waals surface area contributed by atoms with Crippen molar-refractivity contribution in [3.05, 3.63) is 35.1 Å². The van der Waals surface area contributed by atoms with Gasteiger partial charge in [0.2, 0.25) is 6.29 Å². The monoisotopic (exact) mass is 587 g/mol. The van der Waals surface area contributed by atoms with Gasteiger partial charge in [-0.2, -0.15) is 13.2 Å². The Morgan fingerprint density at radius 3 is 2.56 bits per heavy atom. The van der Waals surface area contributed by atoms with Gasteiger partial charge in [-0.3, -0.25) is 9.59 Å². The summed E-state index contributed by atoms with van der Waals surface area (Å²) in [6.45, 7) is 1.80. The number of carbonyl (C=O) groups excluding carboxylic acids is 3. The Morgan fingerprint density at radius 2 is 1.95 bits per heavy atom. The van der Waals surface area contributed by atoms with Crippen LogP contribution in [0.2, 0.25) is 0 Å². The highest BCUT2D eigenvalue weighted by Crippen LogP contribution is 2.65. The number of hydrogen-bond donors (Lipinski definition) is 4. The molecule has 2 aliphatic carbocycles. The highest BCUT2D eigenvalue weighted by molar-refractivity contribution is 5.84. The average Bonchev–Trinajstić information content (AvgIpc) is 3.25. The summed E-state index contributed by atoms with van der Waals surface area (Å²) in [7, 11) is 1.95. The van der Waals surface area contributed by atoms with Crippen LogP contribution in [0.5, 0.6) is 11.5 Å². The van der Waals surface area contributed by atoms with E-state index in [0.717, 1.165) is 18.1 Å². The van der Waals surface area contributed by atoms with Gasteiger partial charge in [0.25, 0.3) is 0 Å². The van der Waals surface area contributed by atoms with E-state index < -0.39 is 66.1 Å². The van der Waals surface area contributed by atoms with Gasteiger partial charge < -0.3 is 39.5 Å². The number of ether oxygens (including phenoxy) is 3. The summed E-state index contributed by atoms with van der Waals surface area (Å²) in [5, 5.41) is 41.6. The predicted octanol–water partition coefficient (Wildman–Crippen LogP) is 0.728. The number of aromatic hydroxyl groups is 1. The summed E-state index contributed by atoms with van der Waals surface area (Å²) in [6, 6.07) is 3.16. The Balaban J connectivity index is 0.000000585. The fourth-order valence-electron chi connectivity index (χ4n) is 6.16. The van der Waals surface area contributed by atoms with Crippen LogP contribution in [-0.4, -0.2) is 99.2 Å². The van der Waals surface area contributed by atoms with Crippen molar-refractivity contribution in [2.24, 2.45) is 0 Å². The molecule has 0 saturated carbocycles. The number of benzene rings is 1. The van der Waals surface area contributed by atoms with Crippen LogP contribution in [0.1, 0.15) is 37.3 Å². The van der Waals surface area contributed by atoms with Gasteiger partial charge in [-0.1, -0.05) is 6.07 Å². The van der Waals surface area contributed by atoms with Crippen molar-refractivity contribution in [2.45, 2.75) is 74.2 Å². The lowest BCUT2D eigenvalue weighted by atomic mass is 9.50. The number of phenols is 1. The average molecular weight is 588 g/mol. The zero-order valence-corrected chi connectivity index (χ0v) is 21.9. The molecule has 1 aromatic carbocycles. The molecule has 1 aromatic rings. The molecule has 12 nitrogen and oxygen atoms in total. The minimum atomic E-state index is -4.64. The molecule has 1 saturated heterocycles. The molecule has 0 unspecified atom stereocenters. The second-order valence-corrected chi connectivity index (χ2v) is 10.4.